The van der Waals surface area contributed by atoms with Crippen molar-refractivity contribution >= 4 is 46.2 Å². The molecule has 0 radical (unpaired) electrons. The number of hydrogen-bond donors (Lipinski definition) is 2. The third-order valence-electron chi connectivity index (χ3n) is 9.26. The molecule has 1 saturated heterocycles. The van der Waals surface area contributed by atoms with E-state index in [0.717, 1.165) is 56.7 Å². The molecule has 0 saturated carbocycles. The molecule has 1 atom stereocenters. The molecule has 2 amide bonds. The fourth-order valence-electron chi connectivity index (χ4n) is 6.65. The van der Waals surface area contributed by atoms with Crippen LogP contribution in [0.15, 0.2) is 67.0 Å². The third kappa shape index (κ3) is 8.81. The Labute approximate surface area is 325 Å². The minimum atomic E-state index is -0.685. The van der Waals surface area contributed by atoms with Crippen molar-refractivity contribution in [3.05, 3.63) is 88.2 Å². The first-order chi connectivity index (χ1) is 25.9. The van der Waals surface area contributed by atoms with Crippen LogP contribution in [-0.2, 0) is 34.4 Å². The first-order valence-electron chi connectivity index (χ1n) is 17.9. The molecule has 11 nitrogen and oxygen atoms in total. The molecule has 0 unspecified atom stereocenters. The van der Waals surface area contributed by atoms with Gasteiger partial charge in [0.05, 0.1) is 41.7 Å². The number of rotatable bonds is 13. The number of halogens is 2. The van der Waals surface area contributed by atoms with E-state index in [9.17, 15) is 9.59 Å². The maximum absolute atomic E-state index is 13.3. The van der Waals surface area contributed by atoms with Gasteiger partial charge < -0.3 is 34.3 Å². The Hall–Kier alpha value is -4.68. The second-order valence-electron chi connectivity index (χ2n) is 14.4. The minimum Gasteiger partial charge on any atom is -0.496 e. The number of pyridine rings is 2. The van der Waals surface area contributed by atoms with Crippen LogP contribution in [0.1, 0.15) is 44.7 Å². The smallest absolute Gasteiger partial charge is 0.410 e. The number of carbonyl (C=O) groups is 2. The lowest BCUT2D eigenvalue weighted by atomic mass is 9.99. The summed E-state index contributed by atoms with van der Waals surface area (Å²) in [5.74, 6) is 0.531. The van der Waals surface area contributed by atoms with Crippen molar-refractivity contribution in [2.45, 2.75) is 58.3 Å². The summed E-state index contributed by atoms with van der Waals surface area (Å²) in [6, 6.07) is 17.3. The topological polar surface area (TPSA) is 120 Å². The number of carbonyl (C=O) groups excluding carboxylic acids is 2. The van der Waals surface area contributed by atoms with Gasteiger partial charge in [0.2, 0.25) is 5.91 Å². The van der Waals surface area contributed by atoms with Gasteiger partial charge in [-0.15, -0.1) is 0 Å². The Morgan fingerprint density at radius 3 is 2.54 bits per heavy atom. The molecule has 1 aliphatic rings. The van der Waals surface area contributed by atoms with Gasteiger partial charge >= 0.3 is 6.09 Å². The van der Waals surface area contributed by atoms with Gasteiger partial charge in [-0.2, -0.15) is 0 Å². The summed E-state index contributed by atoms with van der Waals surface area (Å²) in [5.41, 5.74) is 6.36. The maximum atomic E-state index is 13.3. The van der Waals surface area contributed by atoms with Crippen molar-refractivity contribution in [3.8, 4) is 39.4 Å². The molecule has 3 aromatic heterocycles. The number of nitrogens with one attached hydrogen (secondary N) is 2. The summed E-state index contributed by atoms with van der Waals surface area (Å²) < 4.78 is 18.7. The highest BCUT2D eigenvalue weighted by atomic mass is 35.5. The van der Waals surface area contributed by atoms with Crippen molar-refractivity contribution in [2.75, 3.05) is 33.9 Å². The Kier molecular flexibility index (Phi) is 12.1. The van der Waals surface area contributed by atoms with Gasteiger partial charge in [0, 0.05) is 91.9 Å². The normalized spacial score (nSPS) is 14.4. The average molecular weight is 774 g/mol. The molecule has 6 rings (SSSR count). The highest BCUT2D eigenvalue weighted by Crippen LogP contribution is 2.42. The number of ether oxygens (including phenoxy) is 3. The predicted molar refractivity (Wildman–Crippen MR) is 213 cm³/mol. The van der Waals surface area contributed by atoms with Gasteiger partial charge in [0.25, 0.3) is 0 Å². The fourth-order valence-corrected chi connectivity index (χ4v) is 7.30. The van der Waals surface area contributed by atoms with Crippen LogP contribution >= 0.6 is 23.2 Å². The number of methoxy groups -OCH3 is 2. The van der Waals surface area contributed by atoms with Crippen molar-refractivity contribution in [3.63, 3.8) is 0 Å². The van der Waals surface area contributed by atoms with E-state index >= 15 is 0 Å². The second kappa shape index (κ2) is 16.8. The van der Waals surface area contributed by atoms with Gasteiger partial charge in [0.15, 0.2) is 0 Å². The first kappa shape index (κ1) is 39.0. The lowest BCUT2D eigenvalue weighted by Gasteiger charge is -2.29. The zero-order valence-electron chi connectivity index (χ0n) is 31.5. The number of aromatic nitrogens is 3. The van der Waals surface area contributed by atoms with Crippen LogP contribution in [0.2, 0.25) is 10.0 Å². The van der Waals surface area contributed by atoms with E-state index < -0.39 is 11.7 Å². The molecule has 0 aliphatic carbocycles. The Balaban J connectivity index is 1.28. The second-order valence-corrected chi connectivity index (χ2v) is 15.1. The largest absolute Gasteiger partial charge is 0.496 e. The van der Waals surface area contributed by atoms with E-state index in [-0.39, 0.29) is 18.5 Å². The fraction of sp³-hybridized carbons (Fsp3) is 0.366. The van der Waals surface area contributed by atoms with Gasteiger partial charge in [-0.3, -0.25) is 9.78 Å². The first-order valence-corrected chi connectivity index (χ1v) is 18.7. The molecule has 54 heavy (non-hydrogen) atoms. The lowest BCUT2D eigenvalue weighted by molar-refractivity contribution is -0.119. The minimum absolute atomic E-state index is 0.0207. The number of aryl methyl sites for hydroxylation is 1. The molecular weight excluding hydrogens is 727 g/mol. The van der Waals surface area contributed by atoms with Crippen molar-refractivity contribution in [1.29, 1.82) is 0 Å². The number of fused-ring (bicyclic) bond motifs is 1. The summed E-state index contributed by atoms with van der Waals surface area (Å²) in [6.45, 7) is 8.11. The SMILES string of the molecule is COCCNCc1cn(C)c2nc(-c3cccc(-c4ccnc(-c5ccc(CN(C[C@@H]6CCC(=O)N6)C(=O)OC(C)(C)C)c(OC)c5)c4Cl)c3Cl)ccc12. The zero-order valence-corrected chi connectivity index (χ0v) is 33.0. The quantitative estimate of drug-likeness (QED) is 0.116. The molecule has 0 bridgehead atoms. The van der Waals surface area contributed by atoms with E-state index in [0.29, 0.717) is 54.0 Å². The third-order valence-corrected chi connectivity index (χ3v) is 10.0. The van der Waals surface area contributed by atoms with E-state index in [4.69, 9.17) is 42.4 Å². The molecule has 2 N–H and O–H groups in total. The molecule has 1 aliphatic heterocycles. The van der Waals surface area contributed by atoms with E-state index in [1.165, 1.54) is 0 Å². The van der Waals surface area contributed by atoms with Crippen molar-refractivity contribution < 1.29 is 23.8 Å². The standard InChI is InChI=1S/C41H46Cl2N6O5/c1-41(2,3)54-40(51)49(24-28-12-15-35(50)46-28)23-26-11-10-25(20-34(26)53-6)38-37(43)31(16-17-45-38)30-8-7-9-32(36(30)42)33-14-13-29-27(21-44-18-19-52-5)22-48(4)39(29)47-33/h7-11,13-14,16-17,20,22,28,44H,12,15,18-19,21,23-24H2,1-6H3,(H,46,50)/t28-/m0/s1. The molecule has 1 fully saturated rings. The monoisotopic (exact) mass is 772 g/mol. The van der Waals surface area contributed by atoms with Crippen LogP contribution in [0.4, 0.5) is 4.79 Å². The van der Waals surface area contributed by atoms with Crippen LogP contribution in [0.3, 0.4) is 0 Å². The van der Waals surface area contributed by atoms with Gasteiger partial charge in [-0.25, -0.2) is 9.78 Å². The molecule has 2 aromatic carbocycles. The summed E-state index contributed by atoms with van der Waals surface area (Å²) in [5, 5.41) is 8.37. The molecule has 4 heterocycles. The van der Waals surface area contributed by atoms with Crippen LogP contribution in [0, 0.1) is 0 Å². The number of hydrogen-bond acceptors (Lipinski definition) is 8. The summed E-state index contributed by atoms with van der Waals surface area (Å²) in [6.07, 6.45) is 4.41. The highest BCUT2D eigenvalue weighted by Gasteiger charge is 2.29. The zero-order chi connectivity index (χ0) is 38.6. The van der Waals surface area contributed by atoms with Crippen LogP contribution in [0.25, 0.3) is 44.7 Å². The summed E-state index contributed by atoms with van der Waals surface area (Å²) >= 11 is 14.3. The molecule has 13 heteroatoms. The predicted octanol–water partition coefficient (Wildman–Crippen LogP) is 8.04. The average Bonchev–Trinajstić information content (AvgIpc) is 3.70. The van der Waals surface area contributed by atoms with Gasteiger partial charge in [-0.05, 0) is 57.0 Å². The molecule has 0 spiro atoms. The van der Waals surface area contributed by atoms with Gasteiger partial charge in [-0.1, -0.05) is 53.5 Å². The number of amides is 2. The van der Waals surface area contributed by atoms with Crippen LogP contribution in [0.5, 0.6) is 5.75 Å². The van der Waals surface area contributed by atoms with E-state index in [1.54, 1.807) is 25.3 Å². The highest BCUT2D eigenvalue weighted by molar-refractivity contribution is 6.39. The number of benzene rings is 2. The van der Waals surface area contributed by atoms with E-state index in [2.05, 4.69) is 27.9 Å². The Bertz CT molecular complexity index is 2160. The Morgan fingerprint density at radius 1 is 1.04 bits per heavy atom. The van der Waals surface area contributed by atoms with E-state index in [1.807, 2.05) is 80.9 Å². The molecular formula is C41H46Cl2N6O5. The molecule has 284 valence electrons. The summed E-state index contributed by atoms with van der Waals surface area (Å²) in [4.78, 5) is 36.5. The summed E-state index contributed by atoms with van der Waals surface area (Å²) in [7, 11) is 5.26. The maximum Gasteiger partial charge on any atom is 0.410 e. The van der Waals surface area contributed by atoms with Crippen molar-refractivity contribution in [1.82, 2.24) is 30.1 Å². The lowest BCUT2D eigenvalue weighted by Crippen LogP contribution is -2.43. The number of nitrogens with zero attached hydrogens (tertiary/aromatic N) is 4. The Morgan fingerprint density at radius 2 is 1.81 bits per heavy atom. The van der Waals surface area contributed by atoms with Crippen LogP contribution < -0.4 is 15.4 Å². The van der Waals surface area contributed by atoms with Crippen molar-refractivity contribution in [2.24, 2.45) is 7.05 Å². The van der Waals surface area contributed by atoms with Gasteiger partial charge in [0.1, 0.15) is 17.0 Å². The van der Waals surface area contributed by atoms with Crippen LogP contribution in [-0.4, -0.2) is 77.0 Å². The molecule has 5 aromatic rings.